The Balaban J connectivity index is 1.76. The zero-order chi connectivity index (χ0) is 20.1. The van der Waals surface area contributed by atoms with Crippen molar-refractivity contribution in [3.8, 4) is 0 Å². The predicted octanol–water partition coefficient (Wildman–Crippen LogP) is 1.30. The highest BCUT2D eigenvalue weighted by atomic mass is 32.2. The van der Waals surface area contributed by atoms with E-state index in [0.29, 0.717) is 31.1 Å². The van der Waals surface area contributed by atoms with E-state index in [0.717, 1.165) is 37.1 Å². The van der Waals surface area contributed by atoms with Gasteiger partial charge in [0.15, 0.2) is 0 Å². The molecule has 0 aromatic heterocycles. The fourth-order valence-corrected chi connectivity index (χ4v) is 5.52. The minimum atomic E-state index is -3.69. The summed E-state index contributed by atoms with van der Waals surface area (Å²) in [5.41, 5.74) is 1.75. The summed E-state index contributed by atoms with van der Waals surface area (Å²) in [7, 11) is -3.69. The Bertz CT molecular complexity index is 785. The van der Waals surface area contributed by atoms with Crippen molar-refractivity contribution in [1.29, 1.82) is 0 Å². The molecule has 1 N–H and O–H groups in total. The Hall–Kier alpha value is -1.48. The van der Waals surface area contributed by atoms with Gasteiger partial charge >= 0.3 is 0 Å². The zero-order valence-electron chi connectivity index (χ0n) is 16.8. The first-order valence-corrected chi connectivity index (χ1v) is 11.5. The normalized spacial score (nSPS) is 20.7. The van der Waals surface area contributed by atoms with Gasteiger partial charge in [-0.1, -0.05) is 17.7 Å². The van der Waals surface area contributed by atoms with E-state index in [2.05, 4.69) is 5.32 Å². The second-order valence-corrected chi connectivity index (χ2v) is 9.55. The van der Waals surface area contributed by atoms with Crippen LogP contribution in [0.2, 0.25) is 0 Å². The van der Waals surface area contributed by atoms with Crippen molar-refractivity contribution >= 4 is 15.9 Å². The lowest BCUT2D eigenvalue weighted by Gasteiger charge is -2.29. The molecule has 2 saturated heterocycles. The quantitative estimate of drug-likeness (QED) is 0.734. The molecule has 1 atom stereocenters. The molecule has 2 aliphatic rings. The molecule has 0 saturated carbocycles. The van der Waals surface area contributed by atoms with Gasteiger partial charge in [0.05, 0.1) is 11.0 Å². The number of hydrogen-bond acceptors (Lipinski definition) is 5. The number of nitrogens with one attached hydrogen (secondary N) is 1. The van der Waals surface area contributed by atoms with E-state index in [9.17, 15) is 13.2 Å². The number of rotatable bonds is 7. The number of sulfonamides is 1. The van der Waals surface area contributed by atoms with Crippen molar-refractivity contribution in [2.24, 2.45) is 0 Å². The van der Waals surface area contributed by atoms with E-state index in [1.165, 1.54) is 4.31 Å². The summed E-state index contributed by atoms with van der Waals surface area (Å²) in [6.07, 6.45) is 1.89. The molecule has 0 aliphatic carbocycles. The minimum absolute atomic E-state index is 0.00895. The van der Waals surface area contributed by atoms with Crippen molar-refractivity contribution in [2.75, 3.05) is 45.9 Å². The summed E-state index contributed by atoms with van der Waals surface area (Å²) in [4.78, 5) is 14.7. The summed E-state index contributed by atoms with van der Waals surface area (Å²) in [5.74, 6) is 0.00895. The predicted molar refractivity (Wildman–Crippen MR) is 108 cm³/mol. The van der Waals surface area contributed by atoms with Gasteiger partial charge in [0, 0.05) is 52.3 Å². The molecule has 3 rings (SSSR count). The van der Waals surface area contributed by atoms with Gasteiger partial charge in [-0.25, -0.2) is 8.42 Å². The highest BCUT2D eigenvalue weighted by Gasteiger charge is 2.31. The summed E-state index contributed by atoms with van der Waals surface area (Å²) in [6.45, 7) is 7.82. The summed E-state index contributed by atoms with van der Waals surface area (Å²) >= 11 is 0. The van der Waals surface area contributed by atoms with E-state index in [1.807, 2.05) is 30.9 Å². The molecule has 2 fully saturated rings. The van der Waals surface area contributed by atoms with Gasteiger partial charge in [-0.05, 0) is 38.3 Å². The van der Waals surface area contributed by atoms with Crippen LogP contribution in [0.4, 0.5) is 0 Å². The fourth-order valence-electron chi connectivity index (χ4n) is 3.85. The Morgan fingerprint density at radius 3 is 2.68 bits per heavy atom. The minimum Gasteiger partial charge on any atom is -0.377 e. The highest BCUT2D eigenvalue weighted by molar-refractivity contribution is 7.89. The maximum atomic E-state index is 13.4. The zero-order valence-corrected chi connectivity index (χ0v) is 17.6. The van der Waals surface area contributed by atoms with Crippen LogP contribution in [-0.2, 0) is 19.6 Å². The highest BCUT2D eigenvalue weighted by Crippen LogP contribution is 2.24. The van der Waals surface area contributed by atoms with Crippen LogP contribution >= 0.6 is 0 Å². The Morgan fingerprint density at radius 1 is 1.29 bits per heavy atom. The van der Waals surface area contributed by atoms with Crippen molar-refractivity contribution in [3.05, 3.63) is 29.3 Å². The van der Waals surface area contributed by atoms with Crippen molar-refractivity contribution in [2.45, 2.75) is 44.1 Å². The van der Waals surface area contributed by atoms with Crippen molar-refractivity contribution < 1.29 is 17.9 Å². The molecule has 2 heterocycles. The lowest BCUT2D eigenvalue weighted by atomic mass is 10.2. The molecule has 7 nitrogen and oxygen atoms in total. The number of aryl methyl sites for hydroxylation is 2. The first-order valence-electron chi connectivity index (χ1n) is 10.1. The van der Waals surface area contributed by atoms with Gasteiger partial charge in [0.25, 0.3) is 0 Å². The summed E-state index contributed by atoms with van der Waals surface area (Å²) in [6, 6.07) is 5.36. The average molecular weight is 410 g/mol. The second-order valence-electron chi connectivity index (χ2n) is 7.65. The van der Waals surface area contributed by atoms with Gasteiger partial charge in [0.1, 0.15) is 0 Å². The van der Waals surface area contributed by atoms with Gasteiger partial charge in [-0.2, -0.15) is 4.31 Å². The number of hydrogen-bond donors (Lipinski definition) is 1. The molecular formula is C20H31N3O4S. The van der Waals surface area contributed by atoms with Crippen molar-refractivity contribution in [3.63, 3.8) is 0 Å². The van der Waals surface area contributed by atoms with Crippen LogP contribution in [-0.4, -0.2) is 75.5 Å². The molecule has 0 bridgehead atoms. The third-order valence-corrected chi connectivity index (χ3v) is 7.45. The molecular weight excluding hydrogens is 378 g/mol. The third kappa shape index (κ3) is 5.11. The van der Waals surface area contributed by atoms with E-state index in [1.54, 1.807) is 6.07 Å². The monoisotopic (exact) mass is 409 g/mol. The van der Waals surface area contributed by atoms with Crippen LogP contribution in [0, 0.1) is 13.8 Å². The molecule has 0 spiro atoms. The Morgan fingerprint density at radius 2 is 2.04 bits per heavy atom. The molecule has 1 amide bonds. The van der Waals surface area contributed by atoms with Gasteiger partial charge < -0.3 is 15.0 Å². The van der Waals surface area contributed by atoms with Crippen LogP contribution in [0.1, 0.15) is 30.4 Å². The lowest BCUT2D eigenvalue weighted by Crippen LogP contribution is -2.47. The van der Waals surface area contributed by atoms with Crippen molar-refractivity contribution in [1.82, 2.24) is 14.5 Å². The third-order valence-electron chi connectivity index (χ3n) is 5.42. The van der Waals surface area contributed by atoms with E-state index < -0.39 is 10.0 Å². The van der Waals surface area contributed by atoms with Crippen LogP contribution in [0.25, 0.3) is 0 Å². The number of amides is 1. The fraction of sp³-hybridized carbons (Fsp3) is 0.650. The van der Waals surface area contributed by atoms with Crippen LogP contribution in [0.5, 0.6) is 0 Å². The summed E-state index contributed by atoms with van der Waals surface area (Å²) < 4.78 is 33.9. The number of carbonyl (C=O) groups is 1. The standard InChI is InChI=1S/C20H31N3O4S/c1-16-5-6-19(17(2)14-16)28(25,26)23(15-18-4-3-13-27-18)10-7-20(24)22-11-8-21-9-12-22/h5-6,14,18,21H,3-4,7-13,15H2,1-2H3/t18-/m0/s1. The number of carbonyl (C=O) groups excluding carboxylic acids is 1. The molecule has 8 heteroatoms. The van der Waals surface area contributed by atoms with Gasteiger partial charge in [-0.3, -0.25) is 4.79 Å². The largest absolute Gasteiger partial charge is 0.377 e. The van der Waals surface area contributed by atoms with E-state index in [4.69, 9.17) is 4.74 Å². The topological polar surface area (TPSA) is 79.0 Å². The number of ether oxygens (including phenoxy) is 1. The smallest absolute Gasteiger partial charge is 0.243 e. The first-order chi connectivity index (χ1) is 13.4. The Kier molecular flexibility index (Phi) is 7.09. The van der Waals surface area contributed by atoms with Crippen LogP contribution < -0.4 is 5.32 Å². The summed E-state index contributed by atoms with van der Waals surface area (Å²) in [5, 5.41) is 3.22. The lowest BCUT2D eigenvalue weighted by molar-refractivity contribution is -0.131. The van der Waals surface area contributed by atoms with Gasteiger partial charge in [-0.15, -0.1) is 0 Å². The molecule has 1 aromatic carbocycles. The number of nitrogens with zero attached hydrogens (tertiary/aromatic N) is 2. The van der Waals surface area contributed by atoms with Crippen LogP contribution in [0.3, 0.4) is 0 Å². The van der Waals surface area contributed by atoms with Gasteiger partial charge in [0.2, 0.25) is 15.9 Å². The molecule has 0 unspecified atom stereocenters. The molecule has 156 valence electrons. The SMILES string of the molecule is Cc1ccc(S(=O)(=O)N(CCC(=O)N2CCNCC2)C[C@@H]2CCCO2)c(C)c1. The maximum absolute atomic E-state index is 13.4. The number of benzene rings is 1. The van der Waals surface area contributed by atoms with Crippen LogP contribution in [0.15, 0.2) is 23.1 Å². The molecule has 2 aliphatic heterocycles. The first kappa shape index (κ1) is 21.2. The molecule has 0 radical (unpaired) electrons. The van der Waals surface area contributed by atoms with E-state index in [-0.39, 0.29) is 25.0 Å². The second kappa shape index (κ2) is 9.35. The van der Waals surface area contributed by atoms with E-state index >= 15 is 0 Å². The number of piperazine rings is 1. The average Bonchev–Trinajstić information content (AvgIpc) is 3.18. The molecule has 28 heavy (non-hydrogen) atoms. The molecule has 1 aromatic rings. The Labute approximate surface area is 168 Å². The maximum Gasteiger partial charge on any atom is 0.243 e.